The van der Waals surface area contributed by atoms with Crippen molar-refractivity contribution in [3.8, 4) is 0 Å². The maximum absolute atomic E-state index is 12.2. The van der Waals surface area contributed by atoms with Crippen molar-refractivity contribution in [3.05, 3.63) is 65.6 Å². The summed E-state index contributed by atoms with van der Waals surface area (Å²) in [4.78, 5) is 21.7. The van der Waals surface area contributed by atoms with E-state index in [0.717, 1.165) is 29.9 Å². The second kappa shape index (κ2) is 6.10. The van der Waals surface area contributed by atoms with Crippen LogP contribution < -0.4 is 10.2 Å². The van der Waals surface area contributed by atoms with Gasteiger partial charge in [0.1, 0.15) is 11.9 Å². The van der Waals surface area contributed by atoms with Crippen LogP contribution in [0.3, 0.4) is 0 Å². The molecule has 25 heavy (non-hydrogen) atoms. The van der Waals surface area contributed by atoms with Crippen molar-refractivity contribution in [2.24, 2.45) is 0 Å². The lowest BCUT2D eigenvalue weighted by Gasteiger charge is -2.14. The molecular formula is C19H18N4O2. The molecule has 1 saturated heterocycles. The summed E-state index contributed by atoms with van der Waals surface area (Å²) in [6.45, 7) is 8.33. The minimum absolute atomic E-state index is 0.229. The number of rotatable bonds is 5. The van der Waals surface area contributed by atoms with Gasteiger partial charge in [-0.2, -0.15) is 0 Å². The van der Waals surface area contributed by atoms with E-state index in [1.54, 1.807) is 11.1 Å². The molecule has 6 nitrogen and oxygen atoms in total. The highest BCUT2D eigenvalue weighted by molar-refractivity contribution is 5.89. The number of anilines is 2. The molecule has 0 spiro atoms. The number of nitrogens with one attached hydrogen (secondary N) is 1. The molecule has 1 amide bonds. The highest BCUT2D eigenvalue weighted by atomic mass is 16.6. The fraction of sp³-hybridized carbons (Fsp3) is 0.316. The molecule has 4 rings (SSSR count). The molecule has 0 bridgehead atoms. The van der Waals surface area contributed by atoms with E-state index in [9.17, 15) is 4.79 Å². The molecule has 1 atom stereocenters. The Bertz CT molecular complexity index is 810. The van der Waals surface area contributed by atoms with E-state index in [2.05, 4.69) is 15.1 Å². The number of nitrogens with zero attached hydrogens (tertiary/aromatic N) is 3. The van der Waals surface area contributed by atoms with Crippen molar-refractivity contribution >= 4 is 17.6 Å². The van der Waals surface area contributed by atoms with E-state index in [1.165, 1.54) is 0 Å². The van der Waals surface area contributed by atoms with Crippen molar-refractivity contribution in [2.45, 2.75) is 24.5 Å². The van der Waals surface area contributed by atoms with Gasteiger partial charge in [0.25, 0.3) is 5.54 Å². The van der Waals surface area contributed by atoms with Gasteiger partial charge >= 0.3 is 6.09 Å². The summed E-state index contributed by atoms with van der Waals surface area (Å²) in [6, 6.07) is 13.3. The highest BCUT2D eigenvalue weighted by Crippen LogP contribution is 2.49. The normalized spacial score (nSPS) is 20.7. The Morgan fingerprint density at radius 2 is 2.08 bits per heavy atom. The molecule has 2 heterocycles. The van der Waals surface area contributed by atoms with Crippen LogP contribution in [0.5, 0.6) is 0 Å². The number of pyridine rings is 1. The van der Waals surface area contributed by atoms with Crippen LogP contribution in [0, 0.1) is 6.57 Å². The molecule has 1 N–H and O–H groups in total. The molecule has 2 aliphatic rings. The van der Waals surface area contributed by atoms with Gasteiger partial charge in [0.2, 0.25) is 0 Å². The first-order chi connectivity index (χ1) is 12.2. The van der Waals surface area contributed by atoms with Crippen LogP contribution in [0.25, 0.3) is 4.85 Å². The summed E-state index contributed by atoms with van der Waals surface area (Å²) in [6.07, 6.45) is 2.98. The van der Waals surface area contributed by atoms with Crippen molar-refractivity contribution in [3.63, 3.8) is 0 Å². The lowest BCUT2D eigenvalue weighted by atomic mass is 10.1. The van der Waals surface area contributed by atoms with Crippen LogP contribution in [-0.4, -0.2) is 30.3 Å². The van der Waals surface area contributed by atoms with Gasteiger partial charge in [-0.25, -0.2) is 16.4 Å². The second-order valence-corrected chi connectivity index (χ2v) is 6.40. The van der Waals surface area contributed by atoms with E-state index in [-0.39, 0.29) is 17.7 Å². The number of amides is 1. The molecule has 2 fully saturated rings. The van der Waals surface area contributed by atoms with E-state index < -0.39 is 0 Å². The first kappa shape index (κ1) is 15.5. The van der Waals surface area contributed by atoms with Crippen molar-refractivity contribution in [1.82, 2.24) is 4.98 Å². The van der Waals surface area contributed by atoms with Gasteiger partial charge in [0, 0.05) is 30.3 Å². The predicted molar refractivity (Wildman–Crippen MR) is 94.3 cm³/mol. The summed E-state index contributed by atoms with van der Waals surface area (Å²) in [7, 11) is 0. The quantitative estimate of drug-likeness (QED) is 0.851. The van der Waals surface area contributed by atoms with Gasteiger partial charge in [-0.15, -0.1) is 0 Å². The molecule has 2 aromatic rings. The number of cyclic esters (lactones) is 1. The molecule has 6 heteroatoms. The molecule has 1 saturated carbocycles. The molecule has 1 aliphatic heterocycles. The number of ether oxygens (including phenoxy) is 1. The fourth-order valence-corrected chi connectivity index (χ4v) is 3.06. The summed E-state index contributed by atoms with van der Waals surface area (Å²) >= 11 is 0. The minimum atomic E-state index is -0.341. The summed E-state index contributed by atoms with van der Waals surface area (Å²) < 4.78 is 5.43. The van der Waals surface area contributed by atoms with Crippen LogP contribution in [0.15, 0.2) is 48.7 Å². The van der Waals surface area contributed by atoms with Crippen molar-refractivity contribution in [2.75, 3.05) is 23.3 Å². The largest absolute Gasteiger partial charge is 0.442 e. The van der Waals surface area contributed by atoms with Crippen LogP contribution in [-0.2, 0) is 10.3 Å². The molecule has 1 unspecified atom stereocenters. The van der Waals surface area contributed by atoms with Crippen LogP contribution >= 0.6 is 0 Å². The summed E-state index contributed by atoms with van der Waals surface area (Å²) in [5, 5.41) is 3.18. The second-order valence-electron chi connectivity index (χ2n) is 6.40. The van der Waals surface area contributed by atoms with E-state index >= 15 is 0 Å². The molecule has 126 valence electrons. The van der Waals surface area contributed by atoms with Gasteiger partial charge in [-0.1, -0.05) is 6.07 Å². The van der Waals surface area contributed by atoms with Gasteiger partial charge in [-0.05, 0) is 36.4 Å². The Hall–Kier alpha value is -3.07. The SMILES string of the molecule is [C-]#[N+]C1(c2ccc(N3CC(CNc4ccccn4)OC3=O)cc2)CC1. The number of aromatic nitrogens is 1. The number of hydrogen-bond donors (Lipinski definition) is 1. The number of benzene rings is 1. The average molecular weight is 334 g/mol. The third-order valence-corrected chi connectivity index (χ3v) is 4.70. The maximum atomic E-state index is 12.2. The molecule has 0 radical (unpaired) electrons. The standard InChI is InChI=1S/C19H18N4O2/c1-20-19(9-10-19)14-5-7-15(8-6-14)23-13-16(25-18(23)24)12-22-17-4-2-3-11-21-17/h2-8,11,16H,9-10,12-13H2,(H,21,22). The van der Waals surface area contributed by atoms with Crippen LogP contribution in [0.4, 0.5) is 16.3 Å². The van der Waals surface area contributed by atoms with E-state index in [1.807, 2.05) is 42.5 Å². The Labute approximate surface area is 146 Å². The zero-order valence-electron chi connectivity index (χ0n) is 13.7. The van der Waals surface area contributed by atoms with E-state index in [0.29, 0.717) is 13.1 Å². The Kier molecular flexibility index (Phi) is 3.77. The lowest BCUT2D eigenvalue weighted by Crippen LogP contribution is -2.27. The summed E-state index contributed by atoms with van der Waals surface area (Å²) in [5.74, 6) is 0.759. The third-order valence-electron chi connectivity index (χ3n) is 4.70. The molecule has 1 aliphatic carbocycles. The minimum Gasteiger partial charge on any atom is -0.442 e. The summed E-state index contributed by atoms with van der Waals surface area (Å²) in [5.41, 5.74) is 1.51. The van der Waals surface area contributed by atoms with Gasteiger partial charge < -0.3 is 14.9 Å². The lowest BCUT2D eigenvalue weighted by molar-refractivity contribution is 0.147. The molecule has 1 aromatic carbocycles. The van der Waals surface area contributed by atoms with Gasteiger partial charge in [-0.3, -0.25) is 4.90 Å². The van der Waals surface area contributed by atoms with Gasteiger partial charge in [0.05, 0.1) is 13.1 Å². The number of hydrogen-bond acceptors (Lipinski definition) is 4. The average Bonchev–Trinajstić information content (AvgIpc) is 3.38. The molecule has 1 aromatic heterocycles. The topological polar surface area (TPSA) is 58.8 Å². The first-order valence-corrected chi connectivity index (χ1v) is 8.32. The van der Waals surface area contributed by atoms with Crippen LogP contribution in [0.2, 0.25) is 0 Å². The number of carbonyl (C=O) groups is 1. The number of carbonyl (C=O) groups excluding carboxylic acids is 1. The molecular weight excluding hydrogens is 316 g/mol. The fourth-order valence-electron chi connectivity index (χ4n) is 3.06. The van der Waals surface area contributed by atoms with Gasteiger partial charge in [0.15, 0.2) is 0 Å². The van der Waals surface area contributed by atoms with Crippen molar-refractivity contribution in [1.29, 1.82) is 0 Å². The third kappa shape index (κ3) is 3.01. The maximum Gasteiger partial charge on any atom is 0.414 e. The first-order valence-electron chi connectivity index (χ1n) is 8.32. The zero-order chi connectivity index (χ0) is 17.3. The Balaban J connectivity index is 1.40. The van der Waals surface area contributed by atoms with E-state index in [4.69, 9.17) is 11.3 Å². The highest BCUT2D eigenvalue weighted by Gasteiger charge is 2.52. The Morgan fingerprint density at radius 3 is 2.72 bits per heavy atom. The Morgan fingerprint density at radius 1 is 1.28 bits per heavy atom. The smallest absolute Gasteiger partial charge is 0.414 e. The predicted octanol–water partition coefficient (Wildman–Crippen LogP) is 3.43. The zero-order valence-corrected chi connectivity index (χ0v) is 13.7. The van der Waals surface area contributed by atoms with Crippen molar-refractivity contribution < 1.29 is 9.53 Å². The monoisotopic (exact) mass is 334 g/mol. The van der Waals surface area contributed by atoms with Crippen LogP contribution in [0.1, 0.15) is 18.4 Å².